The lowest BCUT2D eigenvalue weighted by Gasteiger charge is -2.19. The maximum Gasteiger partial charge on any atom is 0.137 e. The number of rotatable bonds is 4. The van der Waals surface area contributed by atoms with Gasteiger partial charge < -0.3 is 10.1 Å². The Kier molecular flexibility index (Phi) is 4.63. The number of ether oxygens (including phenoxy) is 1. The Morgan fingerprint density at radius 3 is 2.55 bits per heavy atom. The van der Waals surface area contributed by atoms with E-state index in [4.69, 9.17) is 16.3 Å². The first kappa shape index (κ1) is 14.8. The van der Waals surface area contributed by atoms with Gasteiger partial charge in [0.15, 0.2) is 0 Å². The number of benzene rings is 2. The Morgan fingerprint density at radius 1 is 1.20 bits per heavy atom. The molecule has 1 N–H and O–H groups in total. The molecule has 0 heterocycles. The van der Waals surface area contributed by atoms with Crippen LogP contribution >= 0.6 is 11.6 Å². The van der Waals surface area contributed by atoms with Crippen LogP contribution in [-0.2, 0) is 0 Å². The van der Waals surface area contributed by atoms with Crippen LogP contribution in [-0.4, -0.2) is 14.2 Å². The molecule has 2 aromatic carbocycles. The van der Waals surface area contributed by atoms with Crippen LogP contribution < -0.4 is 10.1 Å². The van der Waals surface area contributed by atoms with Crippen LogP contribution in [0.25, 0.3) is 0 Å². The third-order valence-corrected chi connectivity index (χ3v) is 3.58. The van der Waals surface area contributed by atoms with Gasteiger partial charge in [0, 0.05) is 5.56 Å². The van der Waals surface area contributed by atoms with E-state index in [1.165, 1.54) is 6.07 Å². The van der Waals surface area contributed by atoms with E-state index >= 15 is 0 Å². The largest absolute Gasteiger partial charge is 0.495 e. The van der Waals surface area contributed by atoms with Crippen molar-refractivity contribution in [3.8, 4) is 5.75 Å². The highest BCUT2D eigenvalue weighted by Gasteiger charge is 2.17. The van der Waals surface area contributed by atoms with Crippen LogP contribution in [0, 0.1) is 12.7 Å². The number of hydrogen-bond acceptors (Lipinski definition) is 2. The third kappa shape index (κ3) is 2.94. The van der Waals surface area contributed by atoms with Crippen molar-refractivity contribution in [1.82, 2.24) is 5.32 Å². The Bertz CT molecular complexity index is 615. The van der Waals surface area contributed by atoms with Gasteiger partial charge in [-0.2, -0.15) is 0 Å². The lowest BCUT2D eigenvalue weighted by Crippen LogP contribution is -2.19. The Morgan fingerprint density at radius 2 is 1.95 bits per heavy atom. The molecule has 0 aliphatic heterocycles. The first-order valence-electron chi connectivity index (χ1n) is 6.33. The molecule has 106 valence electrons. The van der Waals surface area contributed by atoms with E-state index in [1.807, 2.05) is 25.1 Å². The molecule has 0 saturated heterocycles. The minimum Gasteiger partial charge on any atom is -0.495 e. The number of aryl methyl sites for hydroxylation is 1. The normalized spacial score (nSPS) is 12.2. The molecule has 0 bridgehead atoms. The van der Waals surface area contributed by atoms with Gasteiger partial charge in [-0.15, -0.1) is 0 Å². The Labute approximate surface area is 123 Å². The van der Waals surface area contributed by atoms with Crippen LogP contribution in [0.5, 0.6) is 5.75 Å². The summed E-state index contributed by atoms with van der Waals surface area (Å²) in [6, 6.07) is 10.4. The Balaban J connectivity index is 2.46. The zero-order valence-electron chi connectivity index (χ0n) is 11.7. The topological polar surface area (TPSA) is 21.3 Å². The molecule has 0 aliphatic rings. The zero-order chi connectivity index (χ0) is 14.7. The smallest absolute Gasteiger partial charge is 0.137 e. The summed E-state index contributed by atoms with van der Waals surface area (Å²) in [6.45, 7) is 1.87. The van der Waals surface area contributed by atoms with Gasteiger partial charge in [0.05, 0.1) is 18.2 Å². The first-order chi connectivity index (χ1) is 9.56. The average Bonchev–Trinajstić information content (AvgIpc) is 2.43. The summed E-state index contributed by atoms with van der Waals surface area (Å²) in [5.74, 6) is 0.357. The second-order valence-corrected chi connectivity index (χ2v) is 5.05. The van der Waals surface area contributed by atoms with Gasteiger partial charge in [-0.3, -0.25) is 0 Å². The summed E-state index contributed by atoms with van der Waals surface area (Å²) < 4.78 is 19.3. The fraction of sp³-hybridized carbons (Fsp3) is 0.250. The molecule has 0 amide bonds. The van der Waals surface area contributed by atoms with Crippen molar-refractivity contribution in [2.45, 2.75) is 13.0 Å². The second kappa shape index (κ2) is 6.25. The quantitative estimate of drug-likeness (QED) is 0.916. The van der Waals surface area contributed by atoms with Crippen LogP contribution in [0.4, 0.5) is 4.39 Å². The van der Waals surface area contributed by atoms with E-state index < -0.39 is 0 Å². The minimum absolute atomic E-state index is 0.224. The van der Waals surface area contributed by atoms with Gasteiger partial charge >= 0.3 is 0 Å². The standard InChI is InChI=1S/C16H17ClFNO/c1-10-4-6-12(14(18)8-10)16(19-2)11-5-7-13(17)15(9-11)20-3/h4-9,16,19H,1-3H3. The van der Waals surface area contributed by atoms with E-state index in [-0.39, 0.29) is 11.9 Å². The summed E-state index contributed by atoms with van der Waals surface area (Å²) in [7, 11) is 3.36. The SMILES string of the molecule is CNC(c1ccc(Cl)c(OC)c1)c1ccc(C)cc1F. The number of halogens is 2. The Hall–Kier alpha value is -1.58. The molecular weight excluding hydrogens is 277 g/mol. The highest BCUT2D eigenvalue weighted by molar-refractivity contribution is 6.32. The van der Waals surface area contributed by atoms with Gasteiger partial charge in [-0.25, -0.2) is 4.39 Å². The van der Waals surface area contributed by atoms with E-state index in [0.29, 0.717) is 16.3 Å². The highest BCUT2D eigenvalue weighted by atomic mass is 35.5. The van der Waals surface area contributed by atoms with Crippen molar-refractivity contribution in [3.63, 3.8) is 0 Å². The van der Waals surface area contributed by atoms with Gasteiger partial charge in [-0.05, 0) is 43.3 Å². The molecule has 0 aliphatic carbocycles. The van der Waals surface area contributed by atoms with Crippen LogP contribution in [0.2, 0.25) is 5.02 Å². The minimum atomic E-state index is -0.248. The van der Waals surface area contributed by atoms with Gasteiger partial charge in [-0.1, -0.05) is 29.8 Å². The van der Waals surface area contributed by atoms with Crippen molar-refractivity contribution in [2.24, 2.45) is 0 Å². The van der Waals surface area contributed by atoms with E-state index in [0.717, 1.165) is 11.1 Å². The van der Waals surface area contributed by atoms with Crippen LogP contribution in [0.3, 0.4) is 0 Å². The predicted molar refractivity (Wildman–Crippen MR) is 80.0 cm³/mol. The molecule has 0 aromatic heterocycles. The first-order valence-corrected chi connectivity index (χ1v) is 6.71. The molecular formula is C16H17ClFNO. The van der Waals surface area contributed by atoms with Gasteiger partial charge in [0.1, 0.15) is 11.6 Å². The maximum atomic E-state index is 14.1. The molecule has 1 unspecified atom stereocenters. The van der Waals surface area contributed by atoms with Gasteiger partial charge in [0.25, 0.3) is 0 Å². The predicted octanol–water partition coefficient (Wildman–Crippen LogP) is 4.10. The lowest BCUT2D eigenvalue weighted by atomic mass is 9.97. The average molecular weight is 294 g/mol. The number of hydrogen-bond donors (Lipinski definition) is 1. The van der Waals surface area contributed by atoms with E-state index in [9.17, 15) is 4.39 Å². The molecule has 0 spiro atoms. The van der Waals surface area contributed by atoms with Crippen molar-refractivity contribution < 1.29 is 9.13 Å². The summed E-state index contributed by atoms with van der Waals surface area (Å²) in [4.78, 5) is 0. The van der Waals surface area contributed by atoms with Crippen molar-refractivity contribution >= 4 is 11.6 Å². The maximum absolute atomic E-state index is 14.1. The third-order valence-electron chi connectivity index (χ3n) is 3.26. The lowest BCUT2D eigenvalue weighted by molar-refractivity contribution is 0.414. The summed E-state index contributed by atoms with van der Waals surface area (Å²) in [6.07, 6.45) is 0. The fourth-order valence-electron chi connectivity index (χ4n) is 2.22. The van der Waals surface area contributed by atoms with Crippen molar-refractivity contribution in [2.75, 3.05) is 14.2 Å². The fourth-order valence-corrected chi connectivity index (χ4v) is 2.42. The molecule has 4 heteroatoms. The molecule has 2 aromatic rings. The summed E-state index contributed by atoms with van der Waals surface area (Å²) in [5.41, 5.74) is 2.40. The molecule has 2 nitrogen and oxygen atoms in total. The molecule has 0 saturated carbocycles. The summed E-state index contributed by atoms with van der Waals surface area (Å²) >= 11 is 6.02. The van der Waals surface area contributed by atoms with E-state index in [1.54, 1.807) is 26.3 Å². The second-order valence-electron chi connectivity index (χ2n) is 4.64. The van der Waals surface area contributed by atoms with Gasteiger partial charge in [0.2, 0.25) is 0 Å². The summed E-state index contributed by atoms with van der Waals surface area (Å²) in [5, 5.41) is 3.66. The van der Waals surface area contributed by atoms with Crippen LogP contribution in [0.15, 0.2) is 36.4 Å². The zero-order valence-corrected chi connectivity index (χ0v) is 12.5. The highest BCUT2D eigenvalue weighted by Crippen LogP contribution is 2.31. The van der Waals surface area contributed by atoms with E-state index in [2.05, 4.69) is 5.32 Å². The van der Waals surface area contributed by atoms with Crippen molar-refractivity contribution in [1.29, 1.82) is 0 Å². The number of methoxy groups -OCH3 is 1. The monoisotopic (exact) mass is 293 g/mol. The molecule has 2 rings (SSSR count). The molecule has 0 fully saturated rings. The molecule has 20 heavy (non-hydrogen) atoms. The molecule has 1 atom stereocenters. The van der Waals surface area contributed by atoms with Crippen molar-refractivity contribution in [3.05, 3.63) is 63.9 Å². The number of nitrogens with one attached hydrogen (secondary N) is 1. The van der Waals surface area contributed by atoms with Crippen LogP contribution in [0.1, 0.15) is 22.7 Å². The molecule has 0 radical (unpaired) electrons.